The Labute approximate surface area is 145 Å². The molecular weight excluding hydrogens is 325 g/mol. The van der Waals surface area contributed by atoms with Crippen molar-refractivity contribution in [2.24, 2.45) is 0 Å². The van der Waals surface area contributed by atoms with Crippen LogP contribution in [-0.4, -0.2) is 55.4 Å². The molecular formula is C19H20FNO4. The van der Waals surface area contributed by atoms with Crippen LogP contribution >= 0.6 is 0 Å². The van der Waals surface area contributed by atoms with Crippen LogP contribution < -0.4 is 4.74 Å². The van der Waals surface area contributed by atoms with Crippen molar-refractivity contribution in [2.75, 3.05) is 39.5 Å². The first kappa shape index (κ1) is 17.4. The Morgan fingerprint density at radius 2 is 1.88 bits per heavy atom. The molecule has 6 heteroatoms. The summed E-state index contributed by atoms with van der Waals surface area (Å²) in [5.41, 5.74) is 1.62. The van der Waals surface area contributed by atoms with Crippen molar-refractivity contribution in [3.63, 3.8) is 0 Å². The second-order valence-electron chi connectivity index (χ2n) is 5.70. The van der Waals surface area contributed by atoms with Gasteiger partial charge in [-0.25, -0.2) is 4.39 Å². The zero-order valence-electron chi connectivity index (χ0n) is 13.8. The molecule has 1 aliphatic heterocycles. The van der Waals surface area contributed by atoms with Gasteiger partial charge in [-0.15, -0.1) is 0 Å². The molecule has 0 saturated carbocycles. The van der Waals surface area contributed by atoms with E-state index in [9.17, 15) is 9.18 Å². The smallest absolute Gasteiger partial charge is 0.254 e. The number of carbonyl (C=O) groups excluding carboxylic acids is 1. The molecule has 5 nitrogen and oxygen atoms in total. The Balaban J connectivity index is 1.78. The maximum absolute atomic E-state index is 14.1. The van der Waals surface area contributed by atoms with E-state index < -0.39 is 0 Å². The normalized spacial score (nSPS) is 14.4. The number of nitrogens with zero attached hydrogens (tertiary/aromatic N) is 1. The number of halogens is 1. The lowest BCUT2D eigenvalue weighted by Gasteiger charge is -2.26. The summed E-state index contributed by atoms with van der Waals surface area (Å²) < 4.78 is 24.7. The summed E-state index contributed by atoms with van der Waals surface area (Å²) in [6.45, 7) is 2.31. The highest BCUT2D eigenvalue weighted by Gasteiger charge is 2.18. The highest BCUT2D eigenvalue weighted by molar-refractivity contribution is 5.94. The van der Waals surface area contributed by atoms with Gasteiger partial charge in [0.05, 0.1) is 19.8 Å². The number of benzene rings is 2. The average Bonchev–Trinajstić information content (AvgIpc) is 2.67. The maximum atomic E-state index is 14.1. The van der Waals surface area contributed by atoms with Crippen LogP contribution in [0.2, 0.25) is 0 Å². The lowest BCUT2D eigenvalue weighted by Crippen LogP contribution is -2.40. The molecule has 1 saturated heterocycles. The SMILES string of the molecule is O=C(c1ccc(-c2cc(OCCO)ccc2F)cc1)N1CCOCC1. The molecule has 132 valence electrons. The predicted octanol–water partition coefficient (Wildman–Crippen LogP) is 2.34. The summed E-state index contributed by atoms with van der Waals surface area (Å²) in [4.78, 5) is 14.2. The monoisotopic (exact) mass is 345 g/mol. The summed E-state index contributed by atoms with van der Waals surface area (Å²) >= 11 is 0. The van der Waals surface area contributed by atoms with E-state index in [2.05, 4.69) is 0 Å². The van der Waals surface area contributed by atoms with Gasteiger partial charge in [0.1, 0.15) is 18.2 Å². The summed E-state index contributed by atoms with van der Waals surface area (Å²) in [5, 5.41) is 8.82. The van der Waals surface area contributed by atoms with Crippen LogP contribution in [0.4, 0.5) is 4.39 Å². The van der Waals surface area contributed by atoms with Crippen molar-refractivity contribution in [2.45, 2.75) is 0 Å². The number of aliphatic hydroxyl groups is 1. The van der Waals surface area contributed by atoms with Crippen molar-refractivity contribution in [3.8, 4) is 16.9 Å². The number of amides is 1. The molecule has 0 aromatic heterocycles. The lowest BCUT2D eigenvalue weighted by molar-refractivity contribution is 0.0303. The molecule has 25 heavy (non-hydrogen) atoms. The summed E-state index contributed by atoms with van der Waals surface area (Å²) in [7, 11) is 0. The molecule has 1 heterocycles. The molecule has 0 radical (unpaired) electrons. The second-order valence-corrected chi connectivity index (χ2v) is 5.70. The molecule has 0 aliphatic carbocycles. The molecule has 1 aliphatic rings. The zero-order valence-corrected chi connectivity index (χ0v) is 13.8. The van der Waals surface area contributed by atoms with E-state index in [1.165, 1.54) is 12.1 Å². The maximum Gasteiger partial charge on any atom is 0.254 e. The van der Waals surface area contributed by atoms with Crippen molar-refractivity contribution >= 4 is 5.91 Å². The third kappa shape index (κ3) is 4.15. The van der Waals surface area contributed by atoms with E-state index in [0.717, 1.165) is 0 Å². The van der Waals surface area contributed by atoms with Crippen molar-refractivity contribution in [1.82, 2.24) is 4.90 Å². The van der Waals surface area contributed by atoms with E-state index in [1.54, 1.807) is 35.2 Å². The molecule has 3 rings (SSSR count). The molecule has 1 N–H and O–H groups in total. The highest BCUT2D eigenvalue weighted by Crippen LogP contribution is 2.27. The molecule has 2 aromatic rings. The minimum atomic E-state index is -0.372. The number of hydrogen-bond acceptors (Lipinski definition) is 4. The number of ether oxygens (including phenoxy) is 2. The van der Waals surface area contributed by atoms with Crippen LogP contribution in [0.1, 0.15) is 10.4 Å². The van der Waals surface area contributed by atoms with Gasteiger partial charge in [0.15, 0.2) is 0 Å². The quantitative estimate of drug-likeness (QED) is 0.904. The second kappa shape index (κ2) is 8.09. The van der Waals surface area contributed by atoms with Gasteiger partial charge in [0.2, 0.25) is 0 Å². The minimum absolute atomic E-state index is 0.0460. The predicted molar refractivity (Wildman–Crippen MR) is 91.1 cm³/mol. The molecule has 1 fully saturated rings. The van der Waals surface area contributed by atoms with Crippen LogP contribution in [0.15, 0.2) is 42.5 Å². The van der Waals surface area contributed by atoms with Crippen LogP contribution in [0, 0.1) is 5.82 Å². The Kier molecular flexibility index (Phi) is 5.63. The summed E-state index contributed by atoms with van der Waals surface area (Å²) in [6.07, 6.45) is 0. The first-order valence-corrected chi connectivity index (χ1v) is 8.19. The Morgan fingerprint density at radius 3 is 2.56 bits per heavy atom. The van der Waals surface area contributed by atoms with E-state index in [0.29, 0.717) is 48.7 Å². The van der Waals surface area contributed by atoms with Crippen LogP contribution in [0.3, 0.4) is 0 Å². The summed E-state index contributed by atoms with van der Waals surface area (Å²) in [5.74, 6) is 0.0675. The Hall–Kier alpha value is -2.44. The average molecular weight is 345 g/mol. The highest BCUT2D eigenvalue weighted by atomic mass is 19.1. The molecule has 0 bridgehead atoms. The van der Waals surface area contributed by atoms with Gasteiger partial charge in [0.25, 0.3) is 5.91 Å². The largest absolute Gasteiger partial charge is 0.491 e. The Bertz CT molecular complexity index is 727. The van der Waals surface area contributed by atoms with Gasteiger partial charge in [-0.3, -0.25) is 4.79 Å². The first-order valence-electron chi connectivity index (χ1n) is 8.19. The van der Waals surface area contributed by atoms with E-state index in [4.69, 9.17) is 14.6 Å². The topological polar surface area (TPSA) is 59.0 Å². The van der Waals surface area contributed by atoms with E-state index >= 15 is 0 Å². The number of aliphatic hydroxyl groups excluding tert-OH is 1. The van der Waals surface area contributed by atoms with Gasteiger partial charge in [-0.05, 0) is 35.9 Å². The van der Waals surface area contributed by atoms with Gasteiger partial charge in [-0.2, -0.15) is 0 Å². The fourth-order valence-corrected chi connectivity index (χ4v) is 2.72. The third-order valence-electron chi connectivity index (χ3n) is 4.04. The fraction of sp³-hybridized carbons (Fsp3) is 0.316. The third-order valence-corrected chi connectivity index (χ3v) is 4.04. The van der Waals surface area contributed by atoms with Crippen molar-refractivity contribution in [1.29, 1.82) is 0 Å². The molecule has 0 spiro atoms. The lowest BCUT2D eigenvalue weighted by atomic mass is 10.0. The van der Waals surface area contributed by atoms with Crippen LogP contribution in [0.25, 0.3) is 11.1 Å². The molecule has 2 aromatic carbocycles. The van der Waals surface area contributed by atoms with Gasteiger partial charge >= 0.3 is 0 Å². The zero-order chi connectivity index (χ0) is 17.6. The van der Waals surface area contributed by atoms with Crippen molar-refractivity contribution in [3.05, 3.63) is 53.8 Å². The van der Waals surface area contributed by atoms with Gasteiger partial charge < -0.3 is 19.5 Å². The van der Waals surface area contributed by atoms with Crippen molar-refractivity contribution < 1.29 is 23.8 Å². The standard InChI is InChI=1S/C19H20FNO4/c20-18-6-5-16(25-12-9-22)13-17(18)14-1-3-15(4-2-14)19(23)21-7-10-24-11-8-21/h1-6,13,22H,7-12H2. The van der Waals surface area contributed by atoms with Crippen LogP contribution in [-0.2, 0) is 4.74 Å². The Morgan fingerprint density at radius 1 is 1.16 bits per heavy atom. The number of hydrogen-bond donors (Lipinski definition) is 1. The molecule has 0 unspecified atom stereocenters. The van der Waals surface area contributed by atoms with Gasteiger partial charge in [0, 0.05) is 24.2 Å². The molecule has 1 amide bonds. The molecule has 0 atom stereocenters. The summed E-state index contributed by atoms with van der Waals surface area (Å²) in [6, 6.07) is 11.3. The minimum Gasteiger partial charge on any atom is -0.491 e. The van der Waals surface area contributed by atoms with E-state index in [-0.39, 0.29) is 24.9 Å². The number of carbonyl (C=O) groups is 1. The first-order chi connectivity index (χ1) is 12.2. The number of rotatable bonds is 5. The number of morpholine rings is 1. The van der Waals surface area contributed by atoms with E-state index in [1.807, 2.05) is 0 Å². The van der Waals surface area contributed by atoms with Crippen LogP contribution in [0.5, 0.6) is 5.75 Å². The van der Waals surface area contributed by atoms with Gasteiger partial charge in [-0.1, -0.05) is 12.1 Å². The fourth-order valence-electron chi connectivity index (χ4n) is 2.72.